The van der Waals surface area contributed by atoms with Crippen LogP contribution in [0.3, 0.4) is 0 Å². The van der Waals surface area contributed by atoms with Gasteiger partial charge in [0.25, 0.3) is 0 Å². The Morgan fingerprint density at radius 1 is 1.10 bits per heavy atom. The molecule has 2 rings (SSSR count). The van der Waals surface area contributed by atoms with Gasteiger partial charge in [-0.05, 0) is 32.9 Å². The highest BCUT2D eigenvalue weighted by Gasteiger charge is 2.26. The molecule has 1 atom stereocenters. The van der Waals surface area contributed by atoms with Gasteiger partial charge in [-0.3, -0.25) is 0 Å². The minimum atomic E-state index is -1.28. The number of carboxylic acid groups (broad SMARTS) is 1. The van der Waals surface area contributed by atoms with Crippen LogP contribution in [0.2, 0.25) is 0 Å². The molecular formula is C17H21NO3. The maximum atomic E-state index is 10.8. The maximum absolute atomic E-state index is 10.8. The van der Waals surface area contributed by atoms with Crippen LogP contribution in [0.4, 0.5) is 0 Å². The van der Waals surface area contributed by atoms with Crippen LogP contribution in [0.1, 0.15) is 42.6 Å². The van der Waals surface area contributed by atoms with Crippen molar-refractivity contribution in [3.63, 3.8) is 0 Å². The van der Waals surface area contributed by atoms with Crippen molar-refractivity contribution in [3.05, 3.63) is 59.5 Å². The second-order valence-corrected chi connectivity index (χ2v) is 6.25. The van der Waals surface area contributed by atoms with Crippen LogP contribution >= 0.6 is 0 Å². The molecule has 0 spiro atoms. The van der Waals surface area contributed by atoms with E-state index in [4.69, 9.17) is 4.42 Å². The molecule has 4 heteroatoms. The monoisotopic (exact) mass is 287 g/mol. The molecule has 1 unspecified atom stereocenters. The number of carbonyl (C=O) groups is 1. The zero-order valence-corrected chi connectivity index (χ0v) is 12.7. The third kappa shape index (κ3) is 4.20. The van der Waals surface area contributed by atoms with Crippen molar-refractivity contribution in [2.75, 3.05) is 0 Å². The van der Waals surface area contributed by atoms with Gasteiger partial charge in [-0.2, -0.15) is 0 Å². The summed E-state index contributed by atoms with van der Waals surface area (Å²) in [6.07, 6.45) is 0. The summed E-state index contributed by atoms with van der Waals surface area (Å²) in [4.78, 5) is 12.1. The van der Waals surface area contributed by atoms with Crippen LogP contribution in [-0.4, -0.2) is 11.5 Å². The van der Waals surface area contributed by atoms with Crippen molar-refractivity contribution in [3.8, 4) is 0 Å². The van der Waals surface area contributed by atoms with Gasteiger partial charge in [-0.1, -0.05) is 30.3 Å². The molecule has 0 aliphatic heterocycles. The van der Waals surface area contributed by atoms with Crippen LogP contribution in [0.15, 0.2) is 46.9 Å². The summed E-state index contributed by atoms with van der Waals surface area (Å²) in [5.41, 5.74) is 1.26. The van der Waals surface area contributed by atoms with Gasteiger partial charge in [-0.15, -0.1) is 0 Å². The van der Waals surface area contributed by atoms with E-state index in [2.05, 4.69) is 32.9 Å². The van der Waals surface area contributed by atoms with E-state index in [0.29, 0.717) is 12.3 Å². The van der Waals surface area contributed by atoms with Crippen molar-refractivity contribution in [2.45, 2.75) is 39.4 Å². The average molecular weight is 287 g/mol. The summed E-state index contributed by atoms with van der Waals surface area (Å²) in [5, 5.41) is 10.8. The molecule has 0 aliphatic carbocycles. The molecule has 0 aliphatic rings. The topological polar surface area (TPSA) is 57.7 Å². The van der Waals surface area contributed by atoms with Crippen molar-refractivity contribution in [1.29, 1.82) is 0 Å². The standard InChI is InChI=1S/C17H21NO3/c1-17(2,3)18(11-13-7-5-4-6-8-13)12-14-9-10-15(21-14)16(19)20/h4-10H,11-12H2,1-3H3,(H,19,20). The molecule has 0 amide bonds. The minimum absolute atomic E-state index is 0.0181. The van der Waals surface area contributed by atoms with E-state index >= 15 is 0 Å². The third-order valence-corrected chi connectivity index (χ3v) is 3.57. The number of aromatic carboxylic acids is 1. The predicted molar refractivity (Wildman–Crippen MR) is 77.6 cm³/mol. The molecule has 1 N–H and O–H groups in total. The molecule has 0 saturated carbocycles. The van der Waals surface area contributed by atoms with E-state index in [9.17, 15) is 9.90 Å². The van der Waals surface area contributed by atoms with E-state index in [-0.39, 0.29) is 11.3 Å². The van der Waals surface area contributed by atoms with E-state index in [0.717, 1.165) is 6.54 Å². The normalized spacial score (nSPS) is 13.1. The summed E-state index contributed by atoms with van der Waals surface area (Å²) in [6, 6.07) is 13.4. The first-order chi connectivity index (χ1) is 9.86. The zero-order chi connectivity index (χ0) is 15.5. The van der Waals surface area contributed by atoms with Crippen LogP contribution in [0.25, 0.3) is 0 Å². The molecular weight excluding hydrogens is 266 g/mol. The van der Waals surface area contributed by atoms with Crippen LogP contribution < -0.4 is 10.0 Å². The summed E-state index contributed by atoms with van der Waals surface area (Å²) in [6.45, 7) is 7.97. The fourth-order valence-corrected chi connectivity index (χ4v) is 2.23. The summed E-state index contributed by atoms with van der Waals surface area (Å²) in [5.74, 6) is -0.727. The molecule has 0 radical (unpaired) electrons. The summed E-state index contributed by atoms with van der Waals surface area (Å²) >= 11 is 0. The minimum Gasteiger partial charge on any atom is -0.542 e. The lowest BCUT2D eigenvalue weighted by molar-refractivity contribution is -0.973. The van der Waals surface area contributed by atoms with Gasteiger partial charge in [0.15, 0.2) is 5.76 Å². The number of rotatable bonds is 5. The second-order valence-electron chi connectivity index (χ2n) is 6.25. The van der Waals surface area contributed by atoms with Gasteiger partial charge in [0, 0.05) is 5.56 Å². The fourth-order valence-electron chi connectivity index (χ4n) is 2.23. The van der Waals surface area contributed by atoms with Gasteiger partial charge in [0.05, 0.1) is 5.54 Å². The van der Waals surface area contributed by atoms with E-state index in [1.807, 2.05) is 18.2 Å². The number of carbonyl (C=O) groups excluding carboxylic acids is 1. The Hall–Kier alpha value is -2.07. The highest BCUT2D eigenvalue weighted by atomic mass is 16.4. The summed E-state index contributed by atoms with van der Waals surface area (Å²) < 4.78 is 5.33. The Labute approximate surface area is 125 Å². The van der Waals surface area contributed by atoms with Crippen LogP contribution in [0.5, 0.6) is 0 Å². The first kappa shape index (κ1) is 15.3. The molecule has 1 heterocycles. The lowest BCUT2D eigenvalue weighted by Gasteiger charge is -2.31. The number of hydrogen-bond acceptors (Lipinski definition) is 3. The van der Waals surface area contributed by atoms with Crippen molar-refractivity contribution in [1.82, 2.24) is 0 Å². The number of carboxylic acids is 1. The number of furan rings is 1. The molecule has 2 aromatic rings. The van der Waals surface area contributed by atoms with Crippen LogP contribution in [0, 0.1) is 0 Å². The zero-order valence-electron chi connectivity index (χ0n) is 12.7. The van der Waals surface area contributed by atoms with Crippen molar-refractivity contribution < 1.29 is 19.2 Å². The quantitative estimate of drug-likeness (QED) is 0.893. The highest BCUT2D eigenvalue weighted by molar-refractivity contribution is 5.82. The van der Waals surface area contributed by atoms with Gasteiger partial charge >= 0.3 is 0 Å². The lowest BCUT2D eigenvalue weighted by Crippen LogP contribution is -3.16. The number of benzene rings is 1. The Kier molecular flexibility index (Phi) is 4.48. The molecule has 0 saturated heterocycles. The van der Waals surface area contributed by atoms with Gasteiger partial charge in [0.1, 0.15) is 24.8 Å². The molecule has 1 aromatic carbocycles. The van der Waals surface area contributed by atoms with Crippen LogP contribution in [-0.2, 0) is 13.1 Å². The summed E-state index contributed by atoms with van der Waals surface area (Å²) in [7, 11) is 0. The average Bonchev–Trinajstić information content (AvgIpc) is 2.87. The molecule has 0 fully saturated rings. The van der Waals surface area contributed by atoms with E-state index < -0.39 is 5.97 Å². The molecule has 4 nitrogen and oxygen atoms in total. The Bertz CT molecular complexity index is 596. The lowest BCUT2D eigenvalue weighted by atomic mass is 10.0. The Morgan fingerprint density at radius 3 is 2.29 bits per heavy atom. The fraction of sp³-hybridized carbons (Fsp3) is 0.353. The van der Waals surface area contributed by atoms with Gasteiger partial charge < -0.3 is 19.2 Å². The van der Waals surface area contributed by atoms with Gasteiger partial charge in [0.2, 0.25) is 0 Å². The highest BCUT2D eigenvalue weighted by Crippen LogP contribution is 2.08. The van der Waals surface area contributed by atoms with Crippen molar-refractivity contribution in [2.24, 2.45) is 0 Å². The Balaban J connectivity index is 2.15. The molecule has 0 bridgehead atoms. The molecule has 1 aromatic heterocycles. The molecule has 112 valence electrons. The Morgan fingerprint density at radius 2 is 1.76 bits per heavy atom. The largest absolute Gasteiger partial charge is 0.542 e. The SMILES string of the molecule is CC(C)(C)[NH+](Cc1ccccc1)Cc1ccc(C(=O)[O-])o1. The number of nitrogens with one attached hydrogen (secondary N) is 1. The first-order valence-electron chi connectivity index (χ1n) is 7.05. The first-order valence-corrected chi connectivity index (χ1v) is 7.05. The third-order valence-electron chi connectivity index (χ3n) is 3.57. The predicted octanol–water partition coefficient (Wildman–Crippen LogP) is 1.03. The van der Waals surface area contributed by atoms with Crippen molar-refractivity contribution >= 4 is 5.97 Å². The maximum Gasteiger partial charge on any atom is 0.159 e. The van der Waals surface area contributed by atoms with E-state index in [1.165, 1.54) is 16.5 Å². The second kappa shape index (κ2) is 6.14. The van der Waals surface area contributed by atoms with E-state index in [1.54, 1.807) is 6.07 Å². The smallest absolute Gasteiger partial charge is 0.159 e. The number of hydrogen-bond donors (Lipinski definition) is 1. The van der Waals surface area contributed by atoms with Gasteiger partial charge in [-0.25, -0.2) is 0 Å². The molecule has 21 heavy (non-hydrogen) atoms. The number of quaternary nitrogens is 1.